The molecule has 2 saturated carbocycles. The van der Waals surface area contributed by atoms with Crippen molar-refractivity contribution in [2.24, 2.45) is 5.92 Å². The Labute approximate surface area is 152 Å². The number of carbonyl (C=O) groups is 1. The lowest BCUT2D eigenvalue weighted by molar-refractivity contribution is -0.00598. The highest BCUT2D eigenvalue weighted by Crippen LogP contribution is 2.33. The van der Waals surface area contributed by atoms with Crippen molar-refractivity contribution in [2.45, 2.75) is 70.7 Å². The number of carbonyl (C=O) groups excluding carboxylic acids is 1. The van der Waals surface area contributed by atoms with Gasteiger partial charge in [-0.15, -0.1) is 5.10 Å². The Morgan fingerprint density at radius 3 is 2.77 bits per heavy atom. The Balaban J connectivity index is 1.42. The number of aromatic nitrogens is 5. The molecule has 0 bridgehead atoms. The van der Waals surface area contributed by atoms with Gasteiger partial charge in [0.05, 0.1) is 30.1 Å². The molecule has 0 aromatic carbocycles. The lowest BCUT2D eigenvalue weighted by atomic mass is 9.83. The van der Waals surface area contributed by atoms with Crippen molar-refractivity contribution < 1.29 is 9.90 Å². The highest BCUT2D eigenvalue weighted by molar-refractivity contribution is 5.93. The minimum Gasteiger partial charge on any atom is -0.391 e. The SMILES string of the molecule is Cc1cnn([C@H]2[C@H](O)C[C@@H]2NC(=O)c2nnn(CC3CCCC3)c2C)c1. The van der Waals surface area contributed by atoms with Gasteiger partial charge in [-0.3, -0.25) is 9.48 Å². The Hall–Kier alpha value is -2.22. The molecule has 140 valence electrons. The fourth-order valence-corrected chi connectivity index (χ4v) is 4.13. The molecule has 8 nitrogen and oxygen atoms in total. The molecule has 26 heavy (non-hydrogen) atoms. The van der Waals surface area contributed by atoms with Crippen molar-refractivity contribution >= 4 is 5.91 Å². The molecule has 2 aromatic rings. The van der Waals surface area contributed by atoms with E-state index in [4.69, 9.17) is 0 Å². The number of hydrogen-bond donors (Lipinski definition) is 2. The molecule has 0 spiro atoms. The van der Waals surface area contributed by atoms with Crippen LogP contribution in [0.1, 0.15) is 59.9 Å². The number of rotatable bonds is 5. The third kappa shape index (κ3) is 3.13. The summed E-state index contributed by atoms with van der Waals surface area (Å²) in [6.07, 6.45) is 8.67. The number of hydrogen-bond acceptors (Lipinski definition) is 5. The van der Waals surface area contributed by atoms with Crippen molar-refractivity contribution in [1.82, 2.24) is 30.1 Å². The molecule has 2 aromatic heterocycles. The van der Waals surface area contributed by atoms with Crippen LogP contribution in [0.4, 0.5) is 0 Å². The second-order valence-electron chi connectivity index (χ2n) is 7.73. The van der Waals surface area contributed by atoms with E-state index < -0.39 is 6.10 Å². The Bertz CT molecular complexity index is 791. The first-order valence-corrected chi connectivity index (χ1v) is 9.42. The van der Waals surface area contributed by atoms with Crippen LogP contribution in [0.25, 0.3) is 0 Å². The fourth-order valence-electron chi connectivity index (χ4n) is 4.13. The highest BCUT2D eigenvalue weighted by atomic mass is 16.3. The van der Waals surface area contributed by atoms with Gasteiger partial charge in [-0.25, -0.2) is 4.68 Å². The van der Waals surface area contributed by atoms with Crippen molar-refractivity contribution in [3.8, 4) is 0 Å². The number of nitrogens with one attached hydrogen (secondary N) is 1. The minimum atomic E-state index is -0.501. The molecule has 0 saturated heterocycles. The summed E-state index contributed by atoms with van der Waals surface area (Å²) in [6.45, 7) is 4.69. The zero-order valence-electron chi connectivity index (χ0n) is 15.3. The predicted octanol–water partition coefficient (Wildman–Crippen LogP) is 1.39. The van der Waals surface area contributed by atoms with E-state index in [1.807, 2.05) is 24.7 Å². The average Bonchev–Trinajstić information content (AvgIpc) is 3.31. The van der Waals surface area contributed by atoms with Gasteiger partial charge in [0.25, 0.3) is 5.91 Å². The van der Waals surface area contributed by atoms with E-state index in [0.717, 1.165) is 17.8 Å². The number of nitrogens with zero attached hydrogens (tertiary/aromatic N) is 5. The topological polar surface area (TPSA) is 97.9 Å². The highest BCUT2D eigenvalue weighted by Gasteiger charge is 2.43. The van der Waals surface area contributed by atoms with Gasteiger partial charge in [0.15, 0.2) is 5.69 Å². The molecule has 8 heteroatoms. The largest absolute Gasteiger partial charge is 0.391 e. The Kier molecular flexibility index (Phi) is 4.52. The van der Waals surface area contributed by atoms with Crippen molar-refractivity contribution in [2.75, 3.05) is 0 Å². The minimum absolute atomic E-state index is 0.156. The summed E-state index contributed by atoms with van der Waals surface area (Å²) in [5.41, 5.74) is 2.21. The molecular formula is C18H26N6O2. The molecule has 0 aliphatic heterocycles. The lowest BCUT2D eigenvalue weighted by Gasteiger charge is -2.41. The lowest BCUT2D eigenvalue weighted by Crippen LogP contribution is -2.56. The van der Waals surface area contributed by atoms with E-state index >= 15 is 0 Å². The molecular weight excluding hydrogens is 332 g/mol. The summed E-state index contributed by atoms with van der Waals surface area (Å²) in [7, 11) is 0. The number of amides is 1. The molecule has 2 fully saturated rings. The van der Waals surface area contributed by atoms with E-state index in [1.165, 1.54) is 25.7 Å². The second kappa shape index (κ2) is 6.83. The molecule has 2 aliphatic carbocycles. The van der Waals surface area contributed by atoms with Crippen LogP contribution in [0, 0.1) is 19.8 Å². The number of aliphatic hydroxyl groups is 1. The smallest absolute Gasteiger partial charge is 0.274 e. The van der Waals surface area contributed by atoms with Crippen molar-refractivity contribution in [3.63, 3.8) is 0 Å². The summed E-state index contributed by atoms with van der Waals surface area (Å²) in [5.74, 6) is 0.409. The van der Waals surface area contributed by atoms with Gasteiger partial charge < -0.3 is 10.4 Å². The molecule has 3 atom stereocenters. The monoisotopic (exact) mass is 358 g/mol. The van der Waals surface area contributed by atoms with Gasteiger partial charge in [0.1, 0.15) is 0 Å². The van der Waals surface area contributed by atoms with Crippen LogP contribution in [-0.4, -0.2) is 47.9 Å². The summed E-state index contributed by atoms with van der Waals surface area (Å²) in [5, 5.41) is 25.7. The summed E-state index contributed by atoms with van der Waals surface area (Å²) in [4.78, 5) is 12.7. The van der Waals surface area contributed by atoms with Gasteiger partial charge in [-0.05, 0) is 44.6 Å². The molecule has 2 N–H and O–H groups in total. The molecule has 2 aliphatic rings. The number of aliphatic hydroxyl groups excluding tert-OH is 1. The Morgan fingerprint density at radius 2 is 2.12 bits per heavy atom. The van der Waals surface area contributed by atoms with Gasteiger partial charge in [0.2, 0.25) is 0 Å². The van der Waals surface area contributed by atoms with E-state index in [9.17, 15) is 9.90 Å². The van der Waals surface area contributed by atoms with Crippen LogP contribution in [0.3, 0.4) is 0 Å². The van der Waals surface area contributed by atoms with Gasteiger partial charge >= 0.3 is 0 Å². The van der Waals surface area contributed by atoms with E-state index in [2.05, 4.69) is 20.7 Å². The van der Waals surface area contributed by atoms with E-state index in [-0.39, 0.29) is 18.0 Å². The quantitative estimate of drug-likeness (QED) is 0.842. The first-order valence-electron chi connectivity index (χ1n) is 9.42. The molecule has 0 unspecified atom stereocenters. The average molecular weight is 358 g/mol. The van der Waals surface area contributed by atoms with Gasteiger partial charge in [0, 0.05) is 12.7 Å². The zero-order chi connectivity index (χ0) is 18.3. The third-order valence-corrected chi connectivity index (χ3v) is 5.76. The van der Waals surface area contributed by atoms with E-state index in [0.29, 0.717) is 18.0 Å². The van der Waals surface area contributed by atoms with Gasteiger partial charge in [-0.2, -0.15) is 5.10 Å². The molecule has 0 radical (unpaired) electrons. The first-order chi connectivity index (χ1) is 12.5. The summed E-state index contributed by atoms with van der Waals surface area (Å²) in [6, 6.07) is -0.391. The predicted molar refractivity (Wildman–Crippen MR) is 94.6 cm³/mol. The summed E-state index contributed by atoms with van der Waals surface area (Å²) >= 11 is 0. The van der Waals surface area contributed by atoms with Crippen LogP contribution >= 0.6 is 0 Å². The van der Waals surface area contributed by atoms with Crippen LogP contribution in [0.5, 0.6) is 0 Å². The third-order valence-electron chi connectivity index (χ3n) is 5.76. The van der Waals surface area contributed by atoms with Crippen LogP contribution in [0.15, 0.2) is 12.4 Å². The van der Waals surface area contributed by atoms with Crippen LogP contribution in [0.2, 0.25) is 0 Å². The zero-order valence-corrected chi connectivity index (χ0v) is 15.3. The van der Waals surface area contributed by atoms with Crippen LogP contribution in [-0.2, 0) is 6.54 Å². The normalized spacial score (nSPS) is 26.0. The molecule has 2 heterocycles. The Morgan fingerprint density at radius 1 is 1.35 bits per heavy atom. The first kappa shape index (κ1) is 17.2. The van der Waals surface area contributed by atoms with Crippen molar-refractivity contribution in [3.05, 3.63) is 29.3 Å². The fraction of sp³-hybridized carbons (Fsp3) is 0.667. The number of aryl methyl sites for hydroxylation is 1. The maximum Gasteiger partial charge on any atom is 0.274 e. The molecule has 1 amide bonds. The maximum atomic E-state index is 12.7. The van der Waals surface area contributed by atoms with Crippen LogP contribution < -0.4 is 5.32 Å². The summed E-state index contributed by atoms with van der Waals surface area (Å²) < 4.78 is 3.59. The van der Waals surface area contributed by atoms with Gasteiger partial charge in [-0.1, -0.05) is 18.1 Å². The van der Waals surface area contributed by atoms with E-state index in [1.54, 1.807) is 10.9 Å². The van der Waals surface area contributed by atoms with Crippen molar-refractivity contribution in [1.29, 1.82) is 0 Å². The standard InChI is InChI=1S/C18H26N6O2/c1-11-8-19-24(9-11)17-14(7-15(17)25)20-18(26)16-12(2)23(22-21-16)10-13-5-3-4-6-13/h8-9,13-15,17,25H,3-7,10H2,1-2H3,(H,20,26)/t14-,15+,17+/m0/s1. The second-order valence-corrected chi connectivity index (χ2v) is 7.73. The molecule has 4 rings (SSSR count). The maximum absolute atomic E-state index is 12.7.